The van der Waals surface area contributed by atoms with E-state index in [2.05, 4.69) is 18.2 Å². The molecule has 4 bridgehead atoms. The minimum Gasteiger partial charge on any atom is -0.481 e. The van der Waals surface area contributed by atoms with Gasteiger partial charge in [0.25, 0.3) is 0 Å². The molecule has 0 aromatic heterocycles. The summed E-state index contributed by atoms with van der Waals surface area (Å²) in [4.78, 5) is 32.0. The minimum atomic E-state index is -1.26. The summed E-state index contributed by atoms with van der Waals surface area (Å²) in [5.41, 5.74) is -1.18. The number of benzene rings is 1. The van der Waals surface area contributed by atoms with Crippen molar-refractivity contribution in [1.29, 1.82) is 0 Å². The summed E-state index contributed by atoms with van der Waals surface area (Å²) in [6.45, 7) is 6.54. The molecular formula is C27H32ClNO4. The Balaban J connectivity index is 1.59. The molecule has 33 heavy (non-hydrogen) atoms. The number of hydrogen-bond donors (Lipinski definition) is 1. The fraction of sp³-hybridized carbons (Fsp3) is 0.593. The second-order valence-electron chi connectivity index (χ2n) is 11.0. The van der Waals surface area contributed by atoms with Gasteiger partial charge in [-0.3, -0.25) is 4.79 Å². The monoisotopic (exact) mass is 469 g/mol. The highest BCUT2D eigenvalue weighted by molar-refractivity contribution is 6.31. The van der Waals surface area contributed by atoms with E-state index in [0.29, 0.717) is 23.3 Å². The number of aliphatic carboxylic acids is 1. The third-order valence-corrected chi connectivity index (χ3v) is 9.90. The Morgan fingerprint density at radius 2 is 2.03 bits per heavy atom. The van der Waals surface area contributed by atoms with E-state index >= 15 is 0 Å². The van der Waals surface area contributed by atoms with Gasteiger partial charge in [-0.05, 0) is 54.9 Å². The molecule has 3 fully saturated rings. The topological polar surface area (TPSA) is 76.0 Å². The smallest absolute Gasteiger partial charge is 0.315 e. The lowest BCUT2D eigenvalue weighted by molar-refractivity contribution is -0.173. The number of halogens is 1. The van der Waals surface area contributed by atoms with Gasteiger partial charge in [-0.1, -0.05) is 73.8 Å². The van der Waals surface area contributed by atoms with Crippen LogP contribution in [0.1, 0.15) is 52.0 Å². The average molecular weight is 470 g/mol. The van der Waals surface area contributed by atoms with Crippen molar-refractivity contribution in [3.8, 4) is 0 Å². The van der Waals surface area contributed by atoms with Gasteiger partial charge in [0, 0.05) is 16.0 Å². The van der Waals surface area contributed by atoms with E-state index in [4.69, 9.17) is 16.4 Å². The molecule has 0 heterocycles. The molecule has 7 atom stereocenters. The maximum absolute atomic E-state index is 13.3. The van der Waals surface area contributed by atoms with Crippen molar-refractivity contribution in [3.63, 3.8) is 0 Å². The zero-order valence-corrected chi connectivity index (χ0v) is 20.2. The number of fused-ring (bicyclic) bond motifs is 2. The largest absolute Gasteiger partial charge is 0.481 e. The number of carbonyl (C=O) groups excluding carboxylic acids is 1. The van der Waals surface area contributed by atoms with Gasteiger partial charge < -0.3 is 14.7 Å². The lowest BCUT2D eigenvalue weighted by Crippen LogP contribution is -2.63. The van der Waals surface area contributed by atoms with E-state index in [1.54, 1.807) is 12.3 Å². The van der Waals surface area contributed by atoms with Gasteiger partial charge in [0.15, 0.2) is 0 Å². The molecule has 0 spiro atoms. The highest BCUT2D eigenvalue weighted by Crippen LogP contribution is 2.82. The lowest BCUT2D eigenvalue weighted by Gasteiger charge is -2.57. The highest BCUT2D eigenvalue weighted by Gasteiger charge is 2.84. The SMILES string of the molecule is CC(C)C1=CC2CC3(C=O)[C@@H]4CC[C@@H](C)[C@H]4CC2(/C=N/OCc2ccccc2Cl)[C@]13C(=O)O. The molecule has 1 aromatic carbocycles. The van der Waals surface area contributed by atoms with Crippen LogP contribution in [0.25, 0.3) is 0 Å². The van der Waals surface area contributed by atoms with Crippen LogP contribution in [0.15, 0.2) is 41.1 Å². The van der Waals surface area contributed by atoms with Crippen LogP contribution in [0.3, 0.4) is 0 Å². The van der Waals surface area contributed by atoms with E-state index in [1.807, 2.05) is 32.0 Å². The molecule has 3 unspecified atom stereocenters. The van der Waals surface area contributed by atoms with Crippen LogP contribution in [-0.4, -0.2) is 23.6 Å². The average Bonchev–Trinajstić information content (AvgIpc) is 3.35. The van der Waals surface area contributed by atoms with E-state index in [9.17, 15) is 14.7 Å². The van der Waals surface area contributed by atoms with Gasteiger partial charge in [-0.2, -0.15) is 0 Å². The summed E-state index contributed by atoms with van der Waals surface area (Å²) in [5, 5.41) is 15.9. The minimum absolute atomic E-state index is 0.0262. The highest BCUT2D eigenvalue weighted by atomic mass is 35.5. The van der Waals surface area contributed by atoms with Gasteiger partial charge in [-0.25, -0.2) is 0 Å². The molecule has 5 rings (SSSR count). The molecular weight excluding hydrogens is 438 g/mol. The molecule has 0 aliphatic heterocycles. The molecule has 0 amide bonds. The van der Waals surface area contributed by atoms with E-state index < -0.39 is 22.2 Å². The summed E-state index contributed by atoms with van der Waals surface area (Å²) in [5.74, 6) is 0.0312. The molecule has 0 saturated heterocycles. The molecule has 3 saturated carbocycles. The first-order valence-corrected chi connectivity index (χ1v) is 12.4. The fourth-order valence-corrected chi connectivity index (χ4v) is 8.53. The van der Waals surface area contributed by atoms with Crippen molar-refractivity contribution in [3.05, 3.63) is 46.5 Å². The zero-order valence-electron chi connectivity index (χ0n) is 19.5. The molecule has 6 heteroatoms. The Morgan fingerprint density at radius 3 is 2.70 bits per heavy atom. The van der Waals surface area contributed by atoms with Crippen LogP contribution in [0.4, 0.5) is 0 Å². The Bertz CT molecular complexity index is 1050. The number of rotatable bonds is 7. The van der Waals surface area contributed by atoms with Crippen LogP contribution in [0.5, 0.6) is 0 Å². The summed E-state index contributed by atoms with van der Waals surface area (Å²) in [7, 11) is 0. The van der Waals surface area contributed by atoms with Crippen LogP contribution < -0.4 is 0 Å². The lowest BCUT2D eigenvalue weighted by atomic mass is 9.43. The van der Waals surface area contributed by atoms with Gasteiger partial charge in [-0.15, -0.1) is 0 Å². The van der Waals surface area contributed by atoms with Crippen LogP contribution in [-0.2, 0) is 21.0 Å². The predicted molar refractivity (Wildman–Crippen MR) is 127 cm³/mol. The summed E-state index contributed by atoms with van der Waals surface area (Å²) < 4.78 is 0. The number of allylic oxidation sites excluding steroid dienone is 1. The number of hydrogen-bond acceptors (Lipinski definition) is 4. The van der Waals surface area contributed by atoms with E-state index in [0.717, 1.165) is 36.7 Å². The molecule has 0 radical (unpaired) electrons. The second kappa shape index (κ2) is 7.69. The van der Waals surface area contributed by atoms with Crippen LogP contribution in [0, 0.1) is 45.8 Å². The molecule has 4 aliphatic rings. The van der Waals surface area contributed by atoms with E-state index in [1.165, 1.54) is 0 Å². The maximum atomic E-state index is 13.3. The Hall–Kier alpha value is -2.14. The summed E-state index contributed by atoms with van der Waals surface area (Å²) in [6, 6.07) is 7.44. The van der Waals surface area contributed by atoms with Gasteiger partial charge in [0.2, 0.25) is 0 Å². The van der Waals surface area contributed by atoms with E-state index in [-0.39, 0.29) is 24.4 Å². The van der Waals surface area contributed by atoms with Crippen molar-refractivity contribution in [2.75, 3.05) is 0 Å². The number of carboxylic acids is 1. The number of carbonyl (C=O) groups is 2. The van der Waals surface area contributed by atoms with Gasteiger partial charge >= 0.3 is 5.97 Å². The van der Waals surface area contributed by atoms with Crippen LogP contribution in [0.2, 0.25) is 5.02 Å². The number of nitrogens with zero attached hydrogens (tertiary/aromatic N) is 1. The second-order valence-corrected chi connectivity index (χ2v) is 11.4. The van der Waals surface area contributed by atoms with Crippen molar-refractivity contribution in [2.45, 2.75) is 53.1 Å². The summed E-state index contributed by atoms with van der Waals surface area (Å²) in [6.07, 6.45) is 8.24. The Kier molecular flexibility index (Phi) is 5.28. The number of carboxylic acid groups (broad SMARTS) is 1. The Morgan fingerprint density at radius 1 is 1.27 bits per heavy atom. The Labute approximate surface area is 200 Å². The number of aldehydes is 1. The molecule has 4 aliphatic carbocycles. The molecule has 1 aromatic rings. The first-order chi connectivity index (χ1) is 15.7. The fourth-order valence-electron chi connectivity index (χ4n) is 8.34. The standard InChI is InChI=1S/C27H32ClNO4/c1-16(2)22-10-19-11-26(15-30)21-9-8-17(3)20(21)12-25(19,27(22,26)24(31)32)14-29-33-13-18-6-4-5-7-23(18)28/h4-7,10,14-17,19-21H,8-9,11-13H2,1-3H3,(H,31,32)/b29-14+/t17-,19?,20-,21-,25?,26?,27-/m1/s1. The van der Waals surface area contributed by atoms with Crippen LogP contribution >= 0.6 is 11.6 Å². The molecule has 1 N–H and O–H groups in total. The third-order valence-electron chi connectivity index (χ3n) is 9.53. The van der Waals surface area contributed by atoms with Gasteiger partial charge in [0.1, 0.15) is 18.3 Å². The van der Waals surface area contributed by atoms with Crippen molar-refractivity contribution in [1.82, 2.24) is 0 Å². The van der Waals surface area contributed by atoms with Crippen molar-refractivity contribution in [2.24, 2.45) is 51.0 Å². The zero-order chi connectivity index (χ0) is 23.6. The third kappa shape index (κ3) is 2.69. The van der Waals surface area contributed by atoms with Gasteiger partial charge in [0.05, 0.1) is 11.6 Å². The molecule has 176 valence electrons. The predicted octanol–water partition coefficient (Wildman–Crippen LogP) is 5.77. The first-order valence-electron chi connectivity index (χ1n) is 12.1. The molecule has 5 nitrogen and oxygen atoms in total. The normalized spacial score (nSPS) is 40.8. The first kappa shape index (κ1) is 22.6. The van der Waals surface area contributed by atoms with Crippen molar-refractivity contribution >= 4 is 30.1 Å². The number of oxime groups is 1. The maximum Gasteiger partial charge on any atom is 0.315 e. The quantitative estimate of drug-likeness (QED) is 0.238. The summed E-state index contributed by atoms with van der Waals surface area (Å²) >= 11 is 6.24. The van der Waals surface area contributed by atoms with Crippen molar-refractivity contribution < 1.29 is 19.5 Å².